The molecule has 0 aliphatic heterocycles. The van der Waals surface area contributed by atoms with Crippen LogP contribution in [0.25, 0.3) is 0 Å². The van der Waals surface area contributed by atoms with E-state index in [1.165, 1.54) is 16.7 Å². The zero-order valence-corrected chi connectivity index (χ0v) is 18.0. The lowest BCUT2D eigenvalue weighted by Gasteiger charge is -2.06. The van der Waals surface area contributed by atoms with Crippen molar-refractivity contribution in [1.82, 2.24) is 15.1 Å². The Morgan fingerprint density at radius 3 is 2.16 bits per heavy atom. The number of hydrogen-bond donors (Lipinski definition) is 1. The van der Waals surface area contributed by atoms with Crippen molar-refractivity contribution in [3.8, 4) is 6.07 Å². The molecule has 1 N–H and O–H groups in total. The van der Waals surface area contributed by atoms with Crippen LogP contribution in [0.2, 0.25) is 0 Å². The van der Waals surface area contributed by atoms with Gasteiger partial charge in [0.25, 0.3) is 5.91 Å². The average Bonchev–Trinajstić information content (AvgIpc) is 3.29. The third-order valence-electron chi connectivity index (χ3n) is 5.33. The first-order chi connectivity index (χ1) is 15.6. The van der Waals surface area contributed by atoms with E-state index in [0.717, 1.165) is 17.5 Å². The lowest BCUT2D eigenvalue weighted by molar-refractivity contribution is 0.0951. The van der Waals surface area contributed by atoms with Crippen LogP contribution in [0.3, 0.4) is 0 Å². The van der Waals surface area contributed by atoms with E-state index in [4.69, 9.17) is 5.26 Å². The highest BCUT2D eigenvalue weighted by Crippen LogP contribution is 2.13. The highest BCUT2D eigenvalue weighted by molar-refractivity contribution is 5.93. The number of carbonyl (C=O) groups excluding carboxylic acids is 1. The van der Waals surface area contributed by atoms with Gasteiger partial charge in [0.2, 0.25) is 0 Å². The maximum Gasteiger partial charge on any atom is 0.254 e. The van der Waals surface area contributed by atoms with Gasteiger partial charge in [-0.1, -0.05) is 66.2 Å². The van der Waals surface area contributed by atoms with Crippen molar-refractivity contribution in [2.24, 2.45) is 0 Å². The number of hydrogen-bond acceptors (Lipinski definition) is 3. The van der Waals surface area contributed by atoms with Crippen LogP contribution in [0.1, 0.15) is 43.7 Å². The standard InChI is InChI=1S/C27H24N4O/c1-20-2-4-24(5-3-20)16-29-27(32)26-17-30-31(19-26)18-25-12-8-22(9-13-25)14-21-6-10-23(15-28)11-7-21/h2-13,17,19H,14,16,18H2,1H3,(H,29,32). The molecule has 0 radical (unpaired) electrons. The second kappa shape index (κ2) is 9.76. The smallest absolute Gasteiger partial charge is 0.254 e. The second-order valence-corrected chi connectivity index (χ2v) is 7.90. The SMILES string of the molecule is Cc1ccc(CNC(=O)c2cnn(Cc3ccc(Cc4ccc(C#N)cc4)cc3)c2)cc1. The summed E-state index contributed by atoms with van der Waals surface area (Å²) in [5, 5.41) is 16.2. The van der Waals surface area contributed by atoms with Crippen molar-refractivity contribution in [2.45, 2.75) is 26.4 Å². The predicted molar refractivity (Wildman–Crippen MR) is 124 cm³/mol. The summed E-state index contributed by atoms with van der Waals surface area (Å²) in [7, 11) is 0. The molecule has 1 heterocycles. The summed E-state index contributed by atoms with van der Waals surface area (Å²) in [6, 6.07) is 26.3. The molecule has 0 aliphatic carbocycles. The van der Waals surface area contributed by atoms with Gasteiger partial charge in [-0.25, -0.2) is 0 Å². The maximum atomic E-state index is 12.4. The minimum absolute atomic E-state index is 0.130. The summed E-state index contributed by atoms with van der Waals surface area (Å²) in [6.45, 7) is 3.13. The van der Waals surface area contributed by atoms with Gasteiger partial charge < -0.3 is 5.32 Å². The number of nitrogens with one attached hydrogen (secondary N) is 1. The van der Waals surface area contributed by atoms with E-state index in [0.29, 0.717) is 24.2 Å². The molecule has 5 heteroatoms. The first-order valence-corrected chi connectivity index (χ1v) is 10.5. The van der Waals surface area contributed by atoms with Gasteiger partial charge in [-0.15, -0.1) is 0 Å². The Morgan fingerprint density at radius 1 is 0.906 bits per heavy atom. The van der Waals surface area contributed by atoms with Gasteiger partial charge in [0.15, 0.2) is 0 Å². The van der Waals surface area contributed by atoms with Gasteiger partial charge in [-0.3, -0.25) is 9.48 Å². The fourth-order valence-electron chi connectivity index (χ4n) is 3.44. The number of carbonyl (C=O) groups is 1. The molecule has 5 nitrogen and oxygen atoms in total. The molecule has 1 aromatic heterocycles. The number of benzene rings is 3. The van der Waals surface area contributed by atoms with Crippen LogP contribution >= 0.6 is 0 Å². The number of rotatable bonds is 7. The molecule has 0 saturated carbocycles. The van der Waals surface area contributed by atoms with Crippen molar-refractivity contribution < 1.29 is 4.79 Å². The molecule has 0 atom stereocenters. The Balaban J connectivity index is 1.32. The molecule has 0 aliphatic rings. The molecule has 1 amide bonds. The summed E-state index contributed by atoms with van der Waals surface area (Å²) in [4.78, 5) is 12.4. The lowest BCUT2D eigenvalue weighted by atomic mass is 10.0. The molecule has 0 saturated heterocycles. The van der Waals surface area contributed by atoms with Crippen LogP contribution in [-0.2, 0) is 19.5 Å². The van der Waals surface area contributed by atoms with E-state index in [2.05, 4.69) is 40.8 Å². The zero-order chi connectivity index (χ0) is 22.3. The van der Waals surface area contributed by atoms with E-state index >= 15 is 0 Å². The minimum Gasteiger partial charge on any atom is -0.348 e. The molecular formula is C27H24N4O. The summed E-state index contributed by atoms with van der Waals surface area (Å²) in [5.74, 6) is -0.130. The summed E-state index contributed by atoms with van der Waals surface area (Å²) >= 11 is 0. The third kappa shape index (κ3) is 5.50. The highest BCUT2D eigenvalue weighted by atomic mass is 16.1. The van der Waals surface area contributed by atoms with Gasteiger partial charge in [-0.05, 0) is 47.7 Å². The van der Waals surface area contributed by atoms with Crippen LogP contribution in [0.4, 0.5) is 0 Å². The fraction of sp³-hybridized carbons (Fsp3) is 0.148. The van der Waals surface area contributed by atoms with E-state index in [-0.39, 0.29) is 5.91 Å². The van der Waals surface area contributed by atoms with Crippen molar-refractivity contribution in [1.29, 1.82) is 5.26 Å². The molecule has 0 unspecified atom stereocenters. The molecule has 0 spiro atoms. The van der Waals surface area contributed by atoms with E-state index in [9.17, 15) is 4.79 Å². The van der Waals surface area contributed by atoms with Crippen molar-refractivity contribution >= 4 is 5.91 Å². The van der Waals surface area contributed by atoms with Crippen LogP contribution in [0.15, 0.2) is 85.2 Å². The Kier molecular flexibility index (Phi) is 6.43. The Bertz CT molecular complexity index is 1230. The summed E-state index contributed by atoms with van der Waals surface area (Å²) in [6.07, 6.45) is 4.19. The van der Waals surface area contributed by atoms with Crippen molar-refractivity contribution in [3.63, 3.8) is 0 Å². The molecule has 0 fully saturated rings. The number of nitriles is 1. The molecule has 3 aromatic carbocycles. The minimum atomic E-state index is -0.130. The topological polar surface area (TPSA) is 70.7 Å². The maximum absolute atomic E-state index is 12.4. The predicted octanol–water partition coefficient (Wildman–Crippen LogP) is 4.63. The summed E-state index contributed by atoms with van der Waals surface area (Å²) in [5.41, 5.74) is 6.98. The largest absolute Gasteiger partial charge is 0.348 e. The van der Waals surface area contributed by atoms with Crippen LogP contribution in [0.5, 0.6) is 0 Å². The molecule has 32 heavy (non-hydrogen) atoms. The Hall–Kier alpha value is -4.17. The molecular weight excluding hydrogens is 396 g/mol. The molecule has 4 rings (SSSR count). The van der Waals surface area contributed by atoms with Gasteiger partial charge in [0.1, 0.15) is 0 Å². The molecule has 0 bridgehead atoms. The van der Waals surface area contributed by atoms with Gasteiger partial charge >= 0.3 is 0 Å². The number of nitrogens with zero attached hydrogens (tertiary/aromatic N) is 3. The van der Waals surface area contributed by atoms with Gasteiger partial charge in [0.05, 0.1) is 29.9 Å². The van der Waals surface area contributed by atoms with Gasteiger partial charge in [-0.2, -0.15) is 10.4 Å². The Morgan fingerprint density at radius 2 is 1.50 bits per heavy atom. The fourth-order valence-corrected chi connectivity index (χ4v) is 3.44. The zero-order valence-electron chi connectivity index (χ0n) is 18.0. The lowest BCUT2D eigenvalue weighted by Crippen LogP contribution is -2.22. The molecule has 158 valence electrons. The normalized spacial score (nSPS) is 10.5. The first kappa shape index (κ1) is 21.1. The highest BCUT2D eigenvalue weighted by Gasteiger charge is 2.09. The quantitative estimate of drug-likeness (QED) is 0.474. The second-order valence-electron chi connectivity index (χ2n) is 7.90. The molecule has 4 aromatic rings. The summed E-state index contributed by atoms with van der Waals surface area (Å²) < 4.78 is 1.77. The average molecular weight is 421 g/mol. The van der Waals surface area contributed by atoms with E-state index in [1.807, 2.05) is 55.5 Å². The third-order valence-corrected chi connectivity index (χ3v) is 5.33. The van der Waals surface area contributed by atoms with E-state index < -0.39 is 0 Å². The van der Waals surface area contributed by atoms with Crippen LogP contribution in [0, 0.1) is 18.3 Å². The van der Waals surface area contributed by atoms with Crippen LogP contribution < -0.4 is 5.32 Å². The first-order valence-electron chi connectivity index (χ1n) is 10.5. The monoisotopic (exact) mass is 420 g/mol. The van der Waals surface area contributed by atoms with Crippen molar-refractivity contribution in [3.05, 3.63) is 124 Å². The van der Waals surface area contributed by atoms with Gasteiger partial charge in [0, 0.05) is 12.7 Å². The van der Waals surface area contributed by atoms with E-state index in [1.54, 1.807) is 17.1 Å². The van der Waals surface area contributed by atoms with Crippen LogP contribution in [-0.4, -0.2) is 15.7 Å². The van der Waals surface area contributed by atoms with Crippen molar-refractivity contribution in [2.75, 3.05) is 0 Å². The Labute approximate surface area is 188 Å². The number of aromatic nitrogens is 2. The number of aryl methyl sites for hydroxylation is 1. The number of amides is 1.